The molecule has 0 atom stereocenters. The van der Waals surface area contributed by atoms with Gasteiger partial charge in [0.2, 0.25) is 0 Å². The maximum absolute atomic E-state index is 7.60. The van der Waals surface area contributed by atoms with Crippen molar-refractivity contribution in [3.8, 4) is 11.3 Å². The second kappa shape index (κ2) is 7.17. The van der Waals surface area contributed by atoms with E-state index in [4.69, 9.17) is 22.7 Å². The number of rotatable bonds is 5. The van der Waals surface area contributed by atoms with Crippen LogP contribution in [0, 0.1) is 5.41 Å². The van der Waals surface area contributed by atoms with Crippen molar-refractivity contribution in [1.82, 2.24) is 4.98 Å². The second-order valence-electron chi connectivity index (χ2n) is 6.47. The van der Waals surface area contributed by atoms with E-state index < -0.39 is 0 Å². The highest BCUT2D eigenvalue weighted by molar-refractivity contribution is 6.31. The van der Waals surface area contributed by atoms with Crippen molar-refractivity contribution >= 4 is 34.0 Å². The first-order chi connectivity index (χ1) is 13.1. The molecule has 0 radical (unpaired) electrons. The number of amidine groups is 1. The number of aromatic amines is 1. The number of benzene rings is 3. The van der Waals surface area contributed by atoms with Crippen LogP contribution in [0.2, 0.25) is 5.02 Å². The van der Waals surface area contributed by atoms with Gasteiger partial charge in [0, 0.05) is 39.4 Å². The average molecular weight is 375 g/mol. The molecule has 1 heterocycles. The van der Waals surface area contributed by atoms with Crippen molar-refractivity contribution in [2.75, 3.05) is 5.32 Å². The number of aromatic nitrogens is 1. The molecule has 3 aromatic carbocycles. The summed E-state index contributed by atoms with van der Waals surface area (Å²) >= 11 is 6.36. The van der Waals surface area contributed by atoms with Crippen LogP contribution < -0.4 is 11.1 Å². The zero-order valence-corrected chi connectivity index (χ0v) is 15.3. The lowest BCUT2D eigenvalue weighted by atomic mass is 10.1. The summed E-state index contributed by atoms with van der Waals surface area (Å²) in [4.78, 5) is 3.42. The molecule has 1 aromatic heterocycles. The van der Waals surface area contributed by atoms with Gasteiger partial charge in [0.15, 0.2) is 0 Å². The van der Waals surface area contributed by atoms with Crippen molar-refractivity contribution in [1.29, 1.82) is 5.41 Å². The molecule has 4 aromatic rings. The maximum atomic E-state index is 7.60. The maximum Gasteiger partial charge on any atom is 0.122 e. The van der Waals surface area contributed by atoms with Crippen LogP contribution in [-0.4, -0.2) is 10.8 Å². The van der Waals surface area contributed by atoms with Crippen molar-refractivity contribution in [2.24, 2.45) is 5.73 Å². The van der Waals surface area contributed by atoms with Crippen LogP contribution in [0.15, 0.2) is 72.8 Å². The lowest BCUT2D eigenvalue weighted by molar-refractivity contribution is 1.15. The van der Waals surface area contributed by atoms with Gasteiger partial charge in [0.1, 0.15) is 5.84 Å². The molecule has 0 fully saturated rings. The Kier molecular flexibility index (Phi) is 4.57. The Hall–Kier alpha value is -3.24. The number of H-pyrrole nitrogens is 1. The van der Waals surface area contributed by atoms with E-state index in [1.807, 2.05) is 60.7 Å². The van der Waals surface area contributed by atoms with Gasteiger partial charge in [0.25, 0.3) is 0 Å². The third-order valence-electron chi connectivity index (χ3n) is 4.47. The number of fused-ring (bicyclic) bond motifs is 1. The minimum atomic E-state index is 0.0664. The molecule has 0 bridgehead atoms. The Morgan fingerprint density at radius 2 is 1.81 bits per heavy atom. The summed E-state index contributed by atoms with van der Waals surface area (Å²) in [7, 11) is 0. The van der Waals surface area contributed by atoms with Crippen LogP contribution >= 0.6 is 11.6 Å². The van der Waals surface area contributed by atoms with E-state index in [-0.39, 0.29) is 5.84 Å². The third-order valence-corrected chi connectivity index (χ3v) is 4.69. The molecular weight excluding hydrogens is 356 g/mol. The van der Waals surface area contributed by atoms with Crippen molar-refractivity contribution in [3.63, 3.8) is 0 Å². The highest BCUT2D eigenvalue weighted by Gasteiger charge is 2.08. The van der Waals surface area contributed by atoms with Gasteiger partial charge >= 0.3 is 0 Å². The summed E-state index contributed by atoms with van der Waals surface area (Å²) in [6.45, 7) is 0.687. The summed E-state index contributed by atoms with van der Waals surface area (Å²) in [6, 6.07) is 23.9. The molecule has 0 aliphatic carbocycles. The van der Waals surface area contributed by atoms with Gasteiger partial charge in [-0.15, -0.1) is 0 Å². The first kappa shape index (κ1) is 17.2. The molecule has 0 spiro atoms. The van der Waals surface area contributed by atoms with Gasteiger partial charge in [-0.2, -0.15) is 0 Å². The topological polar surface area (TPSA) is 77.7 Å². The predicted octanol–water partition coefficient (Wildman–Crippen LogP) is 5.38. The fourth-order valence-corrected chi connectivity index (χ4v) is 3.38. The molecule has 27 heavy (non-hydrogen) atoms. The predicted molar refractivity (Wildman–Crippen MR) is 114 cm³/mol. The molecule has 5 N–H and O–H groups in total. The van der Waals surface area contributed by atoms with Crippen LogP contribution in [0.5, 0.6) is 0 Å². The number of nitrogens with one attached hydrogen (secondary N) is 3. The zero-order valence-electron chi connectivity index (χ0n) is 14.6. The van der Waals surface area contributed by atoms with E-state index in [2.05, 4.69) is 22.4 Å². The molecule has 5 heteroatoms. The van der Waals surface area contributed by atoms with Crippen molar-refractivity contribution in [3.05, 3.63) is 88.9 Å². The van der Waals surface area contributed by atoms with Gasteiger partial charge in [-0.1, -0.05) is 29.8 Å². The van der Waals surface area contributed by atoms with Crippen LogP contribution in [-0.2, 0) is 6.54 Å². The van der Waals surface area contributed by atoms with Crippen LogP contribution in [0.1, 0.15) is 11.1 Å². The molecular formula is C22H19ClN4. The Morgan fingerprint density at radius 1 is 1.00 bits per heavy atom. The number of halogens is 1. The van der Waals surface area contributed by atoms with Crippen LogP contribution in [0.3, 0.4) is 0 Å². The number of para-hydroxylation sites is 1. The van der Waals surface area contributed by atoms with E-state index in [9.17, 15) is 0 Å². The molecule has 0 saturated carbocycles. The largest absolute Gasteiger partial charge is 0.384 e. The number of hydrogen-bond acceptors (Lipinski definition) is 2. The fraction of sp³-hybridized carbons (Fsp3) is 0.0455. The summed E-state index contributed by atoms with van der Waals surface area (Å²) in [5, 5.41) is 12.7. The molecule has 4 rings (SSSR count). The van der Waals surface area contributed by atoms with Gasteiger partial charge in [-0.05, 0) is 65.7 Å². The first-order valence-electron chi connectivity index (χ1n) is 8.64. The molecule has 4 nitrogen and oxygen atoms in total. The molecule has 0 saturated heterocycles. The van der Waals surface area contributed by atoms with E-state index in [0.29, 0.717) is 17.1 Å². The quantitative estimate of drug-likeness (QED) is 0.279. The number of nitrogen functional groups attached to an aromatic ring is 1. The summed E-state index contributed by atoms with van der Waals surface area (Å²) in [6.07, 6.45) is 0. The Bertz CT molecular complexity index is 1120. The molecule has 134 valence electrons. The highest BCUT2D eigenvalue weighted by Crippen LogP contribution is 2.28. The van der Waals surface area contributed by atoms with Crippen molar-refractivity contribution in [2.45, 2.75) is 6.54 Å². The Labute approximate surface area is 162 Å². The SMILES string of the molecule is N=C(N)c1ccc2[nH]c(-c3cc(Cl)cc(CNc4ccccc4)c3)cc2c1. The fourth-order valence-electron chi connectivity index (χ4n) is 3.12. The molecule has 0 unspecified atom stereocenters. The number of nitrogens with two attached hydrogens (primary N) is 1. The van der Waals surface area contributed by atoms with E-state index in [1.54, 1.807) is 0 Å². The van der Waals surface area contributed by atoms with E-state index in [1.165, 1.54) is 0 Å². The van der Waals surface area contributed by atoms with Gasteiger partial charge in [0.05, 0.1) is 0 Å². The minimum Gasteiger partial charge on any atom is -0.384 e. The monoisotopic (exact) mass is 374 g/mol. The van der Waals surface area contributed by atoms with Gasteiger partial charge in [-0.25, -0.2) is 0 Å². The van der Waals surface area contributed by atoms with Crippen molar-refractivity contribution < 1.29 is 0 Å². The number of hydrogen-bond donors (Lipinski definition) is 4. The first-order valence-corrected chi connectivity index (χ1v) is 9.02. The average Bonchev–Trinajstić information content (AvgIpc) is 3.10. The summed E-state index contributed by atoms with van der Waals surface area (Å²) in [5.41, 5.74) is 11.5. The smallest absolute Gasteiger partial charge is 0.122 e. The lowest BCUT2D eigenvalue weighted by Crippen LogP contribution is -2.10. The molecule has 0 aliphatic rings. The highest BCUT2D eigenvalue weighted by atomic mass is 35.5. The minimum absolute atomic E-state index is 0.0664. The van der Waals surface area contributed by atoms with Gasteiger partial charge in [-0.3, -0.25) is 5.41 Å². The van der Waals surface area contributed by atoms with Gasteiger partial charge < -0.3 is 16.0 Å². The van der Waals surface area contributed by atoms with Crippen LogP contribution in [0.25, 0.3) is 22.2 Å². The summed E-state index contributed by atoms with van der Waals surface area (Å²) < 4.78 is 0. The lowest BCUT2D eigenvalue weighted by Gasteiger charge is -2.09. The second-order valence-corrected chi connectivity index (χ2v) is 6.90. The Morgan fingerprint density at radius 3 is 2.59 bits per heavy atom. The molecule has 0 amide bonds. The summed E-state index contributed by atoms with van der Waals surface area (Å²) in [5.74, 6) is 0.0664. The Balaban J connectivity index is 1.64. The normalized spacial score (nSPS) is 10.9. The van der Waals surface area contributed by atoms with E-state index in [0.717, 1.165) is 33.4 Å². The van der Waals surface area contributed by atoms with E-state index >= 15 is 0 Å². The standard InChI is InChI=1S/C22H19ClN4/c23-18-9-14(13-26-19-4-2-1-3-5-19)8-16(11-18)21-12-17-10-15(22(24)25)6-7-20(17)27-21/h1-12,26-27H,13H2,(H3,24,25). The number of anilines is 1. The third kappa shape index (κ3) is 3.81. The zero-order chi connectivity index (χ0) is 18.8. The molecule has 0 aliphatic heterocycles. The van der Waals surface area contributed by atoms with Crippen LogP contribution in [0.4, 0.5) is 5.69 Å².